The molecule has 1 atom stereocenters. The van der Waals surface area contributed by atoms with E-state index in [0.717, 1.165) is 21.3 Å². The molecule has 3 aromatic rings. The molecule has 0 radical (unpaired) electrons. The van der Waals surface area contributed by atoms with E-state index in [-0.39, 0.29) is 12.1 Å². The summed E-state index contributed by atoms with van der Waals surface area (Å²) in [7, 11) is 0. The van der Waals surface area contributed by atoms with E-state index >= 15 is 0 Å². The van der Waals surface area contributed by atoms with Crippen LogP contribution in [-0.4, -0.2) is 32.6 Å². The largest absolute Gasteiger partial charge is 0.573 e. The second-order valence-corrected chi connectivity index (χ2v) is 7.92. The standard InChI is InChI=1S/C19H15F3IN5O2/c1-11-14(23)7-25-15-8-28(27-16(11)15)10-18(2,9-24)26-17(29)12-3-5-13(6-4-12)30-19(20,21)22/h3-8H,10H2,1-2H3,(H,26,29). The topological polar surface area (TPSA) is 92.8 Å². The zero-order valence-electron chi connectivity index (χ0n) is 15.8. The molecule has 156 valence electrons. The molecule has 0 aliphatic carbocycles. The first kappa shape index (κ1) is 21.8. The van der Waals surface area contributed by atoms with Gasteiger partial charge in [-0.3, -0.25) is 14.5 Å². The van der Waals surface area contributed by atoms with Gasteiger partial charge in [-0.25, -0.2) is 0 Å². The van der Waals surface area contributed by atoms with E-state index in [4.69, 9.17) is 0 Å². The maximum absolute atomic E-state index is 12.5. The summed E-state index contributed by atoms with van der Waals surface area (Å²) in [5.41, 5.74) is 1.10. The fraction of sp³-hybridized carbons (Fsp3) is 0.263. The molecular weight excluding hydrogens is 514 g/mol. The molecule has 0 aliphatic heterocycles. The number of aryl methyl sites for hydroxylation is 1. The molecule has 30 heavy (non-hydrogen) atoms. The van der Waals surface area contributed by atoms with Crippen LogP contribution in [0.1, 0.15) is 22.8 Å². The third-order valence-electron chi connectivity index (χ3n) is 4.24. The van der Waals surface area contributed by atoms with Crippen LogP contribution in [0.25, 0.3) is 11.0 Å². The quantitative estimate of drug-likeness (QED) is 0.506. The number of fused-ring (bicyclic) bond motifs is 1. The molecule has 0 saturated heterocycles. The highest BCUT2D eigenvalue weighted by molar-refractivity contribution is 14.1. The molecule has 11 heteroatoms. The third kappa shape index (κ3) is 4.99. The second-order valence-electron chi connectivity index (χ2n) is 6.76. The normalized spacial score (nSPS) is 13.5. The number of amides is 1. The number of halogens is 4. The van der Waals surface area contributed by atoms with Crippen molar-refractivity contribution in [1.29, 1.82) is 5.26 Å². The molecule has 0 bridgehead atoms. The van der Waals surface area contributed by atoms with Crippen molar-refractivity contribution in [2.75, 3.05) is 0 Å². The van der Waals surface area contributed by atoms with E-state index in [2.05, 4.69) is 48.8 Å². The number of carbonyl (C=O) groups is 1. The van der Waals surface area contributed by atoms with Gasteiger partial charge in [-0.15, -0.1) is 13.2 Å². The van der Waals surface area contributed by atoms with Crippen LogP contribution in [0.2, 0.25) is 0 Å². The first-order chi connectivity index (χ1) is 14.0. The number of rotatable bonds is 5. The summed E-state index contributed by atoms with van der Waals surface area (Å²) in [5, 5.41) is 16.7. The third-order valence-corrected chi connectivity index (χ3v) is 5.32. The minimum absolute atomic E-state index is 0.0525. The highest BCUT2D eigenvalue weighted by Gasteiger charge is 2.31. The highest BCUT2D eigenvalue weighted by Crippen LogP contribution is 2.23. The van der Waals surface area contributed by atoms with Crippen LogP contribution in [0.5, 0.6) is 5.75 Å². The summed E-state index contributed by atoms with van der Waals surface area (Å²) in [6.45, 7) is 3.50. The Morgan fingerprint density at radius 3 is 2.60 bits per heavy atom. The summed E-state index contributed by atoms with van der Waals surface area (Å²) in [4.78, 5) is 16.8. The van der Waals surface area contributed by atoms with Crippen molar-refractivity contribution < 1.29 is 22.7 Å². The number of hydrogen-bond donors (Lipinski definition) is 1. The summed E-state index contributed by atoms with van der Waals surface area (Å²) < 4.78 is 43.0. The Morgan fingerprint density at radius 2 is 2.00 bits per heavy atom. The van der Waals surface area contributed by atoms with Crippen molar-refractivity contribution in [3.05, 3.63) is 51.4 Å². The van der Waals surface area contributed by atoms with E-state index in [9.17, 15) is 23.2 Å². The Hall–Kier alpha value is -2.88. The van der Waals surface area contributed by atoms with Gasteiger partial charge < -0.3 is 10.1 Å². The molecule has 2 aromatic heterocycles. The molecule has 0 spiro atoms. The maximum Gasteiger partial charge on any atom is 0.573 e. The van der Waals surface area contributed by atoms with Gasteiger partial charge in [-0.1, -0.05) is 0 Å². The van der Waals surface area contributed by atoms with Crippen LogP contribution < -0.4 is 10.1 Å². The number of benzene rings is 1. The lowest BCUT2D eigenvalue weighted by atomic mass is 10.0. The zero-order chi connectivity index (χ0) is 22.1. The van der Waals surface area contributed by atoms with Crippen molar-refractivity contribution in [3.63, 3.8) is 0 Å². The van der Waals surface area contributed by atoms with Crippen LogP contribution in [0.4, 0.5) is 13.2 Å². The summed E-state index contributed by atoms with van der Waals surface area (Å²) in [5.74, 6) is -1.05. The van der Waals surface area contributed by atoms with E-state index in [1.54, 1.807) is 12.4 Å². The fourth-order valence-corrected chi connectivity index (χ4v) is 3.14. The Kier molecular flexibility index (Phi) is 5.89. The highest BCUT2D eigenvalue weighted by atomic mass is 127. The molecule has 1 amide bonds. The monoisotopic (exact) mass is 529 g/mol. The van der Waals surface area contributed by atoms with Gasteiger partial charge in [-0.05, 0) is 66.3 Å². The molecule has 7 nitrogen and oxygen atoms in total. The van der Waals surface area contributed by atoms with E-state index < -0.39 is 23.6 Å². The van der Waals surface area contributed by atoms with Gasteiger partial charge in [0.2, 0.25) is 0 Å². The molecule has 1 N–H and O–H groups in total. The number of nitriles is 1. The predicted octanol–water partition coefficient (Wildman–Crippen LogP) is 3.96. The molecular formula is C19H15F3IN5O2. The molecule has 0 saturated carbocycles. The number of carbonyl (C=O) groups excluding carboxylic acids is 1. The van der Waals surface area contributed by atoms with Crippen LogP contribution in [0.3, 0.4) is 0 Å². The van der Waals surface area contributed by atoms with Gasteiger partial charge in [0.25, 0.3) is 5.91 Å². The first-order valence-corrected chi connectivity index (χ1v) is 9.65. The molecule has 0 aliphatic rings. The number of nitrogens with zero attached hydrogens (tertiary/aromatic N) is 4. The van der Waals surface area contributed by atoms with Gasteiger partial charge in [-0.2, -0.15) is 10.4 Å². The van der Waals surface area contributed by atoms with E-state index in [1.807, 2.05) is 6.92 Å². The fourth-order valence-electron chi connectivity index (χ4n) is 2.75. The Labute approximate surface area is 183 Å². The smallest absolute Gasteiger partial charge is 0.406 e. The Balaban J connectivity index is 1.76. The number of alkyl halides is 3. The van der Waals surface area contributed by atoms with Crippen LogP contribution in [0.15, 0.2) is 36.7 Å². The molecule has 0 fully saturated rings. The van der Waals surface area contributed by atoms with Crippen LogP contribution in [-0.2, 0) is 6.54 Å². The van der Waals surface area contributed by atoms with Crippen molar-refractivity contribution in [3.8, 4) is 11.8 Å². The minimum Gasteiger partial charge on any atom is -0.406 e. The van der Waals surface area contributed by atoms with Gasteiger partial charge >= 0.3 is 6.36 Å². The van der Waals surface area contributed by atoms with E-state index in [1.165, 1.54) is 23.7 Å². The number of nitrogens with one attached hydrogen (secondary N) is 1. The van der Waals surface area contributed by atoms with Crippen molar-refractivity contribution >= 4 is 39.5 Å². The number of ether oxygens (including phenoxy) is 1. The summed E-state index contributed by atoms with van der Waals surface area (Å²) in [6.07, 6.45) is -1.41. The maximum atomic E-state index is 12.5. The van der Waals surface area contributed by atoms with Gasteiger partial charge in [0.15, 0.2) is 0 Å². The van der Waals surface area contributed by atoms with Gasteiger partial charge in [0.05, 0.1) is 18.8 Å². The average molecular weight is 529 g/mol. The Morgan fingerprint density at radius 1 is 1.33 bits per heavy atom. The van der Waals surface area contributed by atoms with Gasteiger partial charge in [0.1, 0.15) is 22.3 Å². The lowest BCUT2D eigenvalue weighted by Gasteiger charge is -2.23. The number of hydrogen-bond acceptors (Lipinski definition) is 5. The SMILES string of the molecule is Cc1c(I)cnc2cn(CC(C)(C#N)NC(=O)c3ccc(OC(F)(F)F)cc3)nc12. The van der Waals surface area contributed by atoms with Crippen LogP contribution >= 0.6 is 22.6 Å². The molecule has 1 unspecified atom stereocenters. The van der Waals surface area contributed by atoms with Gasteiger partial charge in [0, 0.05) is 15.3 Å². The average Bonchev–Trinajstić information content (AvgIpc) is 3.07. The Bertz CT molecular complexity index is 1140. The van der Waals surface area contributed by atoms with Crippen LogP contribution in [0, 0.1) is 21.8 Å². The predicted molar refractivity (Wildman–Crippen MR) is 110 cm³/mol. The van der Waals surface area contributed by atoms with Crippen molar-refractivity contribution in [1.82, 2.24) is 20.1 Å². The second kappa shape index (κ2) is 8.10. The van der Waals surface area contributed by atoms with E-state index in [0.29, 0.717) is 11.0 Å². The lowest BCUT2D eigenvalue weighted by Crippen LogP contribution is -2.48. The first-order valence-electron chi connectivity index (χ1n) is 8.57. The molecule has 3 rings (SSSR count). The zero-order valence-corrected chi connectivity index (χ0v) is 17.9. The molecule has 2 heterocycles. The summed E-state index contributed by atoms with van der Waals surface area (Å²) >= 11 is 2.16. The van der Waals surface area contributed by atoms with Crippen molar-refractivity contribution in [2.45, 2.75) is 32.3 Å². The molecule has 1 aromatic carbocycles. The number of aromatic nitrogens is 3. The van der Waals surface area contributed by atoms with Crippen molar-refractivity contribution in [2.24, 2.45) is 0 Å². The summed E-state index contributed by atoms with van der Waals surface area (Å²) in [6, 6.07) is 6.48. The number of pyridine rings is 1. The lowest BCUT2D eigenvalue weighted by molar-refractivity contribution is -0.274. The minimum atomic E-state index is -4.82.